The van der Waals surface area contributed by atoms with E-state index in [1.807, 2.05) is 30.0 Å². The molecule has 3 rings (SSSR count). The maximum absolute atomic E-state index is 12.6. The Hall–Kier alpha value is -1.16. The van der Waals surface area contributed by atoms with Crippen LogP contribution in [0.4, 0.5) is 5.69 Å². The van der Waals surface area contributed by atoms with E-state index in [4.69, 9.17) is 0 Å². The maximum atomic E-state index is 12.6. The molecule has 20 heavy (non-hydrogen) atoms. The molecule has 108 valence electrons. The highest BCUT2D eigenvalue weighted by Gasteiger charge is 2.32. The van der Waals surface area contributed by atoms with Gasteiger partial charge in [-0.3, -0.25) is 4.79 Å². The zero-order valence-corrected chi connectivity index (χ0v) is 12.7. The molecule has 0 radical (unpaired) electrons. The summed E-state index contributed by atoms with van der Waals surface area (Å²) in [5.74, 6) is 0.157. The van der Waals surface area contributed by atoms with E-state index in [-0.39, 0.29) is 11.8 Å². The van der Waals surface area contributed by atoms with Crippen molar-refractivity contribution in [3.05, 3.63) is 29.8 Å². The van der Waals surface area contributed by atoms with Crippen molar-refractivity contribution < 1.29 is 4.79 Å². The molecule has 0 aromatic heterocycles. The van der Waals surface area contributed by atoms with Gasteiger partial charge in [0.15, 0.2) is 0 Å². The molecule has 3 unspecified atom stereocenters. The Labute approximate surface area is 124 Å². The van der Waals surface area contributed by atoms with Gasteiger partial charge >= 0.3 is 0 Å². The molecule has 2 N–H and O–H groups in total. The molecule has 1 aliphatic heterocycles. The third kappa shape index (κ3) is 2.66. The summed E-state index contributed by atoms with van der Waals surface area (Å²) in [6, 6.07) is 8.48. The fourth-order valence-corrected chi connectivity index (χ4v) is 4.28. The normalized spacial score (nSPS) is 28.6. The van der Waals surface area contributed by atoms with E-state index in [9.17, 15) is 4.79 Å². The van der Waals surface area contributed by atoms with Crippen LogP contribution in [0.5, 0.6) is 0 Å². The van der Waals surface area contributed by atoms with Crippen molar-refractivity contribution in [1.82, 2.24) is 5.32 Å². The standard InChI is InChI=1S/C16H22N2OS/c1-20-15-9-5-4-8-14(15)18-16(19)12-10-17-13-7-3-2-6-11(12)13/h2-3,6-7,12,14-15,17H,4-5,8-10H2,1H3,(H,18,19). The van der Waals surface area contributed by atoms with E-state index < -0.39 is 0 Å². The molecule has 0 saturated heterocycles. The van der Waals surface area contributed by atoms with Gasteiger partial charge in [-0.2, -0.15) is 11.8 Å². The third-order valence-electron chi connectivity index (χ3n) is 4.48. The summed E-state index contributed by atoms with van der Waals surface area (Å²) in [5, 5.41) is 7.21. The van der Waals surface area contributed by atoms with Gasteiger partial charge < -0.3 is 10.6 Å². The molecule has 1 aliphatic carbocycles. The van der Waals surface area contributed by atoms with Gasteiger partial charge in [0.2, 0.25) is 5.91 Å². The largest absolute Gasteiger partial charge is 0.384 e. The minimum atomic E-state index is -0.0318. The molecule has 4 heteroatoms. The summed E-state index contributed by atoms with van der Waals surface area (Å²) in [4.78, 5) is 12.6. The third-order valence-corrected chi connectivity index (χ3v) is 5.65. The number of hydrogen-bond acceptors (Lipinski definition) is 3. The lowest BCUT2D eigenvalue weighted by molar-refractivity contribution is -0.123. The molecule has 1 amide bonds. The minimum absolute atomic E-state index is 0.0318. The van der Waals surface area contributed by atoms with E-state index in [2.05, 4.69) is 23.0 Å². The zero-order valence-electron chi connectivity index (χ0n) is 11.9. The van der Waals surface area contributed by atoms with Crippen molar-refractivity contribution in [2.24, 2.45) is 0 Å². The molecule has 2 aliphatic rings. The second-order valence-electron chi connectivity index (χ2n) is 5.69. The van der Waals surface area contributed by atoms with Crippen LogP contribution >= 0.6 is 11.8 Å². The number of carbonyl (C=O) groups excluding carboxylic acids is 1. The average Bonchev–Trinajstić information content (AvgIpc) is 2.92. The molecule has 0 spiro atoms. The van der Waals surface area contributed by atoms with Gasteiger partial charge in [0.25, 0.3) is 0 Å². The predicted molar refractivity (Wildman–Crippen MR) is 85.4 cm³/mol. The van der Waals surface area contributed by atoms with E-state index in [1.165, 1.54) is 19.3 Å². The van der Waals surface area contributed by atoms with Crippen molar-refractivity contribution in [3.8, 4) is 0 Å². The van der Waals surface area contributed by atoms with Crippen LogP contribution in [0.1, 0.15) is 37.2 Å². The molecule has 1 aromatic rings. The van der Waals surface area contributed by atoms with Crippen molar-refractivity contribution in [2.75, 3.05) is 18.1 Å². The SMILES string of the molecule is CSC1CCCCC1NC(=O)C1CNc2ccccc21. The number of nitrogens with one attached hydrogen (secondary N) is 2. The molecule has 3 nitrogen and oxygen atoms in total. The van der Waals surface area contributed by atoms with Gasteiger partial charge in [-0.15, -0.1) is 0 Å². The quantitative estimate of drug-likeness (QED) is 0.899. The molecule has 1 saturated carbocycles. The fourth-order valence-electron chi connectivity index (χ4n) is 3.35. The number of hydrogen-bond donors (Lipinski definition) is 2. The van der Waals surface area contributed by atoms with Crippen molar-refractivity contribution in [1.29, 1.82) is 0 Å². The number of benzene rings is 1. The molecular formula is C16H22N2OS. The minimum Gasteiger partial charge on any atom is -0.384 e. The highest BCUT2D eigenvalue weighted by molar-refractivity contribution is 7.99. The van der Waals surface area contributed by atoms with E-state index in [0.717, 1.165) is 24.2 Å². The lowest BCUT2D eigenvalue weighted by Crippen LogP contribution is -2.45. The molecule has 0 bridgehead atoms. The second-order valence-corrected chi connectivity index (χ2v) is 6.77. The monoisotopic (exact) mass is 290 g/mol. The van der Waals surface area contributed by atoms with E-state index >= 15 is 0 Å². The maximum Gasteiger partial charge on any atom is 0.229 e. The number of thioether (sulfide) groups is 1. The number of para-hydroxylation sites is 1. The molecule has 3 atom stereocenters. The Morgan fingerprint density at radius 3 is 2.95 bits per heavy atom. The van der Waals surface area contributed by atoms with Gasteiger partial charge in [-0.05, 0) is 30.7 Å². The molecular weight excluding hydrogens is 268 g/mol. The van der Waals surface area contributed by atoms with Crippen LogP contribution < -0.4 is 10.6 Å². The van der Waals surface area contributed by atoms with Gasteiger partial charge in [-0.1, -0.05) is 31.0 Å². The number of carbonyl (C=O) groups is 1. The van der Waals surface area contributed by atoms with Crippen LogP contribution in [0, 0.1) is 0 Å². The zero-order chi connectivity index (χ0) is 13.9. The Kier molecular flexibility index (Phi) is 4.20. The highest BCUT2D eigenvalue weighted by Crippen LogP contribution is 2.32. The summed E-state index contributed by atoms with van der Waals surface area (Å²) in [5.41, 5.74) is 2.25. The van der Waals surface area contributed by atoms with Gasteiger partial charge in [0, 0.05) is 23.5 Å². The molecule has 1 fully saturated rings. The Morgan fingerprint density at radius 1 is 1.30 bits per heavy atom. The average molecular weight is 290 g/mol. The van der Waals surface area contributed by atoms with Gasteiger partial charge in [-0.25, -0.2) is 0 Å². The van der Waals surface area contributed by atoms with Gasteiger partial charge in [0.05, 0.1) is 5.92 Å². The lowest BCUT2D eigenvalue weighted by atomic mass is 9.93. The molecule has 1 aromatic carbocycles. The van der Waals surface area contributed by atoms with Crippen LogP contribution in [0.2, 0.25) is 0 Å². The van der Waals surface area contributed by atoms with Crippen LogP contribution in [0.25, 0.3) is 0 Å². The second kappa shape index (κ2) is 6.08. The summed E-state index contributed by atoms with van der Waals surface area (Å²) in [6.07, 6.45) is 7.04. The Bertz CT molecular complexity index is 491. The Balaban J connectivity index is 1.68. The number of anilines is 1. The highest BCUT2D eigenvalue weighted by atomic mass is 32.2. The summed E-state index contributed by atoms with van der Waals surface area (Å²) in [6.45, 7) is 0.724. The van der Waals surface area contributed by atoms with Crippen molar-refractivity contribution >= 4 is 23.4 Å². The van der Waals surface area contributed by atoms with Crippen LogP contribution in [0.3, 0.4) is 0 Å². The lowest BCUT2D eigenvalue weighted by Gasteiger charge is -2.31. The van der Waals surface area contributed by atoms with E-state index in [0.29, 0.717) is 11.3 Å². The van der Waals surface area contributed by atoms with Crippen LogP contribution in [-0.4, -0.2) is 30.0 Å². The fraction of sp³-hybridized carbons (Fsp3) is 0.562. The number of amides is 1. The first kappa shape index (κ1) is 13.8. The smallest absolute Gasteiger partial charge is 0.229 e. The predicted octanol–water partition coefficient (Wildman–Crippen LogP) is 2.99. The van der Waals surface area contributed by atoms with Crippen molar-refractivity contribution in [2.45, 2.75) is 42.9 Å². The Morgan fingerprint density at radius 2 is 2.10 bits per heavy atom. The van der Waals surface area contributed by atoms with E-state index in [1.54, 1.807) is 0 Å². The van der Waals surface area contributed by atoms with Crippen LogP contribution in [0.15, 0.2) is 24.3 Å². The topological polar surface area (TPSA) is 41.1 Å². The first-order valence-electron chi connectivity index (χ1n) is 7.45. The number of rotatable bonds is 3. The summed E-state index contributed by atoms with van der Waals surface area (Å²) >= 11 is 1.89. The summed E-state index contributed by atoms with van der Waals surface area (Å²) < 4.78 is 0. The van der Waals surface area contributed by atoms with Crippen LogP contribution in [-0.2, 0) is 4.79 Å². The molecule has 1 heterocycles. The summed E-state index contributed by atoms with van der Waals surface area (Å²) in [7, 11) is 0. The first-order chi connectivity index (χ1) is 9.79. The first-order valence-corrected chi connectivity index (χ1v) is 8.74. The van der Waals surface area contributed by atoms with Gasteiger partial charge in [0.1, 0.15) is 0 Å². The van der Waals surface area contributed by atoms with Crippen molar-refractivity contribution in [3.63, 3.8) is 0 Å². The number of fused-ring (bicyclic) bond motifs is 1.